The van der Waals surface area contributed by atoms with Crippen molar-refractivity contribution in [3.63, 3.8) is 0 Å². The van der Waals surface area contributed by atoms with E-state index in [-0.39, 0.29) is 5.65 Å². The van der Waals surface area contributed by atoms with Crippen LogP contribution in [-0.4, -0.2) is 28.2 Å². The van der Waals surface area contributed by atoms with Crippen molar-refractivity contribution in [3.05, 3.63) is 89.0 Å². The molecule has 2 heterocycles. The van der Waals surface area contributed by atoms with Crippen LogP contribution in [0.4, 0.5) is 0 Å². The summed E-state index contributed by atoms with van der Waals surface area (Å²) in [6.07, 6.45) is 16.5. The molecule has 213 valence electrons. The molecule has 0 amide bonds. The number of rotatable bonds is 7. The SMILES string of the molecule is C#CCC.CC.CCc1ccc(C2CC2)cn1.Cc1cc(C2CC2)ccc1OCc1ccccn1.[B]=C(O)CC. The Balaban J connectivity index is 0.000000309. The van der Waals surface area contributed by atoms with Gasteiger partial charge in [0.1, 0.15) is 12.4 Å². The first kappa shape index (κ1) is 34.6. The fourth-order valence-corrected chi connectivity index (χ4v) is 3.44. The molecule has 2 fully saturated rings. The second kappa shape index (κ2) is 20.5. The van der Waals surface area contributed by atoms with Crippen LogP contribution in [0.2, 0.25) is 0 Å². The van der Waals surface area contributed by atoms with Crippen LogP contribution >= 0.6 is 0 Å². The van der Waals surface area contributed by atoms with Crippen LogP contribution in [-0.2, 0) is 13.0 Å². The van der Waals surface area contributed by atoms with E-state index in [9.17, 15) is 0 Å². The molecule has 2 aliphatic carbocycles. The summed E-state index contributed by atoms with van der Waals surface area (Å²) < 4.78 is 5.82. The number of benzene rings is 1. The topological polar surface area (TPSA) is 55.2 Å². The Morgan fingerprint density at radius 3 is 1.98 bits per heavy atom. The average molecular weight is 540 g/mol. The van der Waals surface area contributed by atoms with Crippen molar-refractivity contribution < 1.29 is 9.84 Å². The first-order valence-electron chi connectivity index (χ1n) is 14.7. The van der Waals surface area contributed by atoms with Crippen LogP contribution in [0.3, 0.4) is 0 Å². The number of hydrogen-bond acceptors (Lipinski definition) is 4. The van der Waals surface area contributed by atoms with Gasteiger partial charge in [0.15, 0.2) is 0 Å². The van der Waals surface area contributed by atoms with E-state index in [1.165, 1.54) is 48.1 Å². The first-order valence-corrected chi connectivity index (χ1v) is 14.7. The number of hydrogen-bond donors (Lipinski definition) is 1. The van der Waals surface area contributed by atoms with Crippen LogP contribution in [0.15, 0.2) is 60.9 Å². The monoisotopic (exact) mass is 539 g/mol. The van der Waals surface area contributed by atoms with Gasteiger partial charge in [-0.1, -0.05) is 52.0 Å². The molecule has 0 atom stereocenters. The summed E-state index contributed by atoms with van der Waals surface area (Å²) in [6.45, 7) is 12.5. The summed E-state index contributed by atoms with van der Waals surface area (Å²) in [7, 11) is 4.76. The third-order valence-corrected chi connectivity index (χ3v) is 6.17. The quantitative estimate of drug-likeness (QED) is 0.242. The van der Waals surface area contributed by atoms with E-state index in [2.05, 4.69) is 60.1 Å². The van der Waals surface area contributed by atoms with Gasteiger partial charge in [0, 0.05) is 24.5 Å². The Labute approximate surface area is 244 Å². The molecule has 3 aromatic rings. The molecule has 5 heteroatoms. The van der Waals surface area contributed by atoms with Gasteiger partial charge in [-0.3, -0.25) is 9.97 Å². The molecule has 2 aromatic heterocycles. The molecule has 0 unspecified atom stereocenters. The fraction of sp³-hybridized carbons (Fsp3) is 0.457. The molecular weight excluding hydrogens is 491 g/mol. The zero-order chi connectivity index (χ0) is 29.8. The first-order chi connectivity index (χ1) is 19.4. The minimum atomic E-state index is 0.00463. The fourth-order valence-electron chi connectivity index (χ4n) is 3.44. The standard InChI is InChI=1S/C16H17NO.C10H13N.C4H6.C3H6BO.C2H6/c1-12-10-14(13-5-6-13)7-8-16(12)18-11-15-4-2-3-9-17-15;1-2-10-6-5-9(7-11-10)8-3-4-8;1-3-4-2;1-2-3(4)5;1-2/h2-4,7-10,13H,5-6,11H2,1H3;5-8H,2-4H2,1H3;1H,4H2,2H3;5H,2H2,1H3;1-2H3. The number of terminal acetylenes is 1. The molecule has 4 nitrogen and oxygen atoms in total. The van der Waals surface area contributed by atoms with E-state index >= 15 is 0 Å². The van der Waals surface area contributed by atoms with E-state index in [4.69, 9.17) is 23.8 Å². The molecule has 0 bridgehead atoms. The summed E-state index contributed by atoms with van der Waals surface area (Å²) in [4.78, 5) is 8.61. The molecule has 0 spiro atoms. The number of aliphatic hydroxyl groups is 1. The normalized spacial score (nSPS) is 12.7. The molecule has 0 aliphatic heterocycles. The predicted octanol–water partition coefficient (Wildman–Crippen LogP) is 8.49. The van der Waals surface area contributed by atoms with Gasteiger partial charge in [-0.25, -0.2) is 0 Å². The van der Waals surface area contributed by atoms with E-state index in [0.29, 0.717) is 13.0 Å². The third kappa shape index (κ3) is 14.7. The summed E-state index contributed by atoms with van der Waals surface area (Å²) in [6, 6.07) is 16.8. The van der Waals surface area contributed by atoms with Crippen LogP contribution in [0.1, 0.15) is 113 Å². The molecule has 0 saturated heterocycles. The summed E-state index contributed by atoms with van der Waals surface area (Å²) in [5.74, 6) is 5.03. The van der Waals surface area contributed by atoms with Crippen molar-refractivity contribution in [1.82, 2.24) is 9.97 Å². The van der Waals surface area contributed by atoms with Crippen LogP contribution in [0.25, 0.3) is 0 Å². The van der Waals surface area contributed by atoms with E-state index < -0.39 is 0 Å². The van der Waals surface area contributed by atoms with Gasteiger partial charge in [0.2, 0.25) is 0 Å². The van der Waals surface area contributed by atoms with Gasteiger partial charge in [-0.2, -0.15) is 0 Å². The Kier molecular flexibility index (Phi) is 17.8. The summed E-state index contributed by atoms with van der Waals surface area (Å²) in [5, 5.41) is 8.06. The number of nitrogens with zero attached hydrogens (tertiary/aromatic N) is 2. The Morgan fingerprint density at radius 1 is 0.950 bits per heavy atom. The van der Waals surface area contributed by atoms with Gasteiger partial charge in [0.05, 0.1) is 5.69 Å². The Bertz CT molecular complexity index is 1130. The molecule has 40 heavy (non-hydrogen) atoms. The van der Waals surface area contributed by atoms with Gasteiger partial charge < -0.3 is 4.74 Å². The molecule has 5 rings (SSSR count). The maximum absolute atomic E-state index is 8.06. The Morgan fingerprint density at radius 2 is 1.55 bits per heavy atom. The van der Waals surface area contributed by atoms with Crippen molar-refractivity contribution >= 4 is 13.1 Å². The van der Waals surface area contributed by atoms with Crippen molar-refractivity contribution in [3.8, 4) is 18.1 Å². The summed E-state index contributed by atoms with van der Waals surface area (Å²) >= 11 is 0. The number of pyridine rings is 2. The Hall–Kier alpha value is -3.39. The van der Waals surface area contributed by atoms with Crippen molar-refractivity contribution in [2.75, 3.05) is 0 Å². The molecule has 2 aliphatic rings. The van der Waals surface area contributed by atoms with Gasteiger partial charge in [0.25, 0.3) is 0 Å². The zero-order valence-electron chi connectivity index (χ0n) is 25.5. The second-order valence-corrected chi connectivity index (χ2v) is 9.52. The van der Waals surface area contributed by atoms with Gasteiger partial charge in [-0.15, -0.1) is 12.3 Å². The van der Waals surface area contributed by atoms with E-state index in [0.717, 1.165) is 36.1 Å². The molecule has 2 saturated carbocycles. The predicted molar refractivity (Wildman–Crippen MR) is 171 cm³/mol. The van der Waals surface area contributed by atoms with Crippen molar-refractivity contribution in [1.29, 1.82) is 0 Å². The summed E-state index contributed by atoms with van der Waals surface area (Å²) in [5.41, 5.74) is 6.28. The minimum absolute atomic E-state index is 0.00463. The van der Waals surface area contributed by atoms with E-state index in [1.54, 1.807) is 13.1 Å². The average Bonchev–Trinajstić information content (AvgIpc) is 3.93. The molecular formula is C35H48BN2O2. The van der Waals surface area contributed by atoms with Crippen LogP contribution < -0.4 is 4.74 Å². The van der Waals surface area contributed by atoms with Crippen LogP contribution in [0, 0.1) is 19.3 Å². The van der Waals surface area contributed by atoms with Crippen molar-refractivity contribution in [2.24, 2.45) is 0 Å². The molecule has 1 N–H and O–H groups in total. The number of aromatic nitrogens is 2. The third-order valence-electron chi connectivity index (χ3n) is 6.17. The van der Waals surface area contributed by atoms with Gasteiger partial charge in [-0.05, 0) is 91.8 Å². The maximum atomic E-state index is 8.06. The molecule has 1 aromatic carbocycles. The second-order valence-electron chi connectivity index (χ2n) is 9.52. The van der Waals surface area contributed by atoms with Crippen molar-refractivity contribution in [2.45, 2.75) is 105 Å². The number of aryl methyl sites for hydroxylation is 2. The molecule has 1 radical (unpaired) electrons. The number of aliphatic hydroxyl groups excluding tert-OH is 1. The number of ether oxygens (including phenoxy) is 1. The van der Waals surface area contributed by atoms with Gasteiger partial charge >= 0.3 is 31.6 Å². The van der Waals surface area contributed by atoms with E-state index in [1.807, 2.05) is 45.2 Å². The van der Waals surface area contributed by atoms with Crippen LogP contribution in [0.5, 0.6) is 5.75 Å². The zero-order valence-corrected chi connectivity index (χ0v) is 25.5.